The maximum Gasteiger partial charge on any atom is 0.275 e. The van der Waals surface area contributed by atoms with E-state index in [4.69, 9.17) is 17.3 Å². The van der Waals surface area contributed by atoms with Gasteiger partial charge in [-0.3, -0.25) is 9.59 Å². The first-order valence-corrected chi connectivity index (χ1v) is 11.0. The number of nitrogens with two attached hydrogens (primary N) is 1. The lowest BCUT2D eigenvalue weighted by atomic mass is 10.1. The van der Waals surface area contributed by atoms with E-state index in [1.54, 1.807) is 9.80 Å². The quantitative estimate of drug-likeness (QED) is 0.804. The summed E-state index contributed by atoms with van der Waals surface area (Å²) in [6.07, 6.45) is 2.00. The topological polar surface area (TPSA) is 82.8 Å². The van der Waals surface area contributed by atoms with Crippen molar-refractivity contribution in [2.75, 3.05) is 49.9 Å². The largest absolute Gasteiger partial charge is 0.395 e. The van der Waals surface area contributed by atoms with Gasteiger partial charge in [-0.2, -0.15) is 4.37 Å². The summed E-state index contributed by atoms with van der Waals surface area (Å²) in [5.74, 6) is -0.320. The van der Waals surface area contributed by atoms with Gasteiger partial charge in [0.15, 0.2) is 5.69 Å². The molecule has 4 rings (SSSR count). The molecule has 9 heteroatoms. The van der Waals surface area contributed by atoms with Crippen LogP contribution in [0.25, 0.3) is 0 Å². The first-order valence-electron chi connectivity index (χ1n) is 9.80. The summed E-state index contributed by atoms with van der Waals surface area (Å²) in [6.45, 7) is 6.10. The Balaban J connectivity index is 1.43. The zero-order valence-electron chi connectivity index (χ0n) is 16.4. The summed E-state index contributed by atoms with van der Waals surface area (Å²) in [4.78, 5) is 31.7. The zero-order valence-corrected chi connectivity index (χ0v) is 17.9. The van der Waals surface area contributed by atoms with E-state index in [0.29, 0.717) is 36.1 Å². The molecule has 0 atom stereocenters. The fourth-order valence-corrected chi connectivity index (χ4v) is 4.82. The number of nitrogen functional groups attached to an aromatic ring is 1. The summed E-state index contributed by atoms with van der Waals surface area (Å²) >= 11 is 7.17. The van der Waals surface area contributed by atoms with Crippen molar-refractivity contribution >= 4 is 46.3 Å². The van der Waals surface area contributed by atoms with Crippen molar-refractivity contribution in [3.8, 4) is 0 Å². The highest BCUT2D eigenvalue weighted by atomic mass is 35.5. The van der Waals surface area contributed by atoms with Gasteiger partial charge in [0.1, 0.15) is 4.88 Å². The Bertz CT molecular complexity index is 933. The van der Waals surface area contributed by atoms with Crippen LogP contribution in [0.4, 0.5) is 11.4 Å². The van der Waals surface area contributed by atoms with Crippen molar-refractivity contribution in [3.05, 3.63) is 39.4 Å². The number of benzene rings is 1. The third-order valence-electron chi connectivity index (χ3n) is 5.60. The average molecular weight is 434 g/mol. The minimum atomic E-state index is -0.170. The van der Waals surface area contributed by atoms with Crippen LogP contribution in [0.3, 0.4) is 0 Å². The number of carbonyl (C=O) groups excluding carboxylic acids is 2. The van der Waals surface area contributed by atoms with E-state index in [0.717, 1.165) is 48.7 Å². The second-order valence-electron chi connectivity index (χ2n) is 7.48. The molecule has 154 valence electrons. The van der Waals surface area contributed by atoms with Crippen LogP contribution in [0.1, 0.15) is 38.6 Å². The number of hydrogen-bond donors (Lipinski definition) is 1. The number of rotatable bonds is 3. The van der Waals surface area contributed by atoms with Gasteiger partial charge in [-0.05, 0) is 49.0 Å². The molecule has 0 radical (unpaired) electrons. The second kappa shape index (κ2) is 8.20. The van der Waals surface area contributed by atoms with Gasteiger partial charge in [0.2, 0.25) is 0 Å². The van der Waals surface area contributed by atoms with Crippen LogP contribution in [0.5, 0.6) is 0 Å². The van der Waals surface area contributed by atoms with Gasteiger partial charge >= 0.3 is 0 Å². The molecule has 2 aromatic rings. The number of carbonyl (C=O) groups is 2. The molecule has 3 heterocycles. The van der Waals surface area contributed by atoms with Crippen LogP contribution in [0.15, 0.2) is 18.2 Å². The van der Waals surface area contributed by atoms with E-state index in [2.05, 4.69) is 16.2 Å². The Hall–Kier alpha value is -2.32. The van der Waals surface area contributed by atoms with Crippen molar-refractivity contribution in [2.24, 2.45) is 0 Å². The summed E-state index contributed by atoms with van der Waals surface area (Å²) in [5, 5.41) is 0.705. The Labute approximate surface area is 179 Å². The normalized spacial score (nSPS) is 17.1. The molecule has 0 spiro atoms. The Morgan fingerprint density at radius 1 is 1.03 bits per heavy atom. The first kappa shape index (κ1) is 20.0. The minimum Gasteiger partial charge on any atom is -0.395 e. The van der Waals surface area contributed by atoms with E-state index < -0.39 is 0 Å². The standard InChI is InChI=1S/C20H24ClN5O2S/c1-13-4-5-14(21)12-15(13)24-8-10-26(11-9-24)20(28)18-16(22)17(23-29-18)19(27)25-6-2-3-7-25/h4-5,12H,2-3,6-11,22H2,1H3. The number of aromatic nitrogens is 1. The number of amides is 2. The third-order valence-corrected chi connectivity index (χ3v) is 6.68. The molecule has 2 saturated heterocycles. The van der Waals surface area contributed by atoms with E-state index >= 15 is 0 Å². The Morgan fingerprint density at radius 3 is 2.38 bits per heavy atom. The van der Waals surface area contributed by atoms with E-state index in [9.17, 15) is 9.59 Å². The molecule has 1 aromatic heterocycles. The fourth-order valence-electron chi connectivity index (χ4n) is 3.89. The summed E-state index contributed by atoms with van der Waals surface area (Å²) in [7, 11) is 0. The predicted octanol–water partition coefficient (Wildman–Crippen LogP) is 2.89. The smallest absolute Gasteiger partial charge is 0.275 e. The van der Waals surface area contributed by atoms with Crippen LogP contribution in [0, 0.1) is 6.92 Å². The number of piperazine rings is 1. The van der Waals surface area contributed by atoms with Crippen LogP contribution in [-0.4, -0.2) is 65.3 Å². The average Bonchev–Trinajstić information content (AvgIpc) is 3.39. The van der Waals surface area contributed by atoms with Gasteiger partial charge in [0.25, 0.3) is 11.8 Å². The van der Waals surface area contributed by atoms with Crippen molar-refractivity contribution in [3.63, 3.8) is 0 Å². The maximum absolute atomic E-state index is 13.0. The molecule has 0 saturated carbocycles. The molecule has 2 amide bonds. The zero-order chi connectivity index (χ0) is 20.5. The van der Waals surface area contributed by atoms with Gasteiger partial charge in [0.05, 0.1) is 5.69 Å². The third kappa shape index (κ3) is 3.91. The van der Waals surface area contributed by atoms with Gasteiger partial charge in [0, 0.05) is 50.0 Å². The van der Waals surface area contributed by atoms with Crippen molar-refractivity contribution in [1.29, 1.82) is 0 Å². The molecule has 2 N–H and O–H groups in total. The highest BCUT2D eigenvalue weighted by Crippen LogP contribution is 2.28. The number of hydrogen-bond acceptors (Lipinski definition) is 6. The van der Waals surface area contributed by atoms with Crippen LogP contribution >= 0.6 is 23.1 Å². The highest BCUT2D eigenvalue weighted by Gasteiger charge is 2.30. The van der Waals surface area contributed by atoms with Gasteiger partial charge in [-0.15, -0.1) is 0 Å². The van der Waals surface area contributed by atoms with Crippen LogP contribution in [0.2, 0.25) is 5.02 Å². The molecule has 2 aliphatic rings. The maximum atomic E-state index is 13.0. The van der Waals surface area contributed by atoms with E-state index in [-0.39, 0.29) is 23.2 Å². The summed E-state index contributed by atoms with van der Waals surface area (Å²) < 4.78 is 4.21. The van der Waals surface area contributed by atoms with Gasteiger partial charge < -0.3 is 20.4 Å². The van der Waals surface area contributed by atoms with Crippen molar-refractivity contribution in [2.45, 2.75) is 19.8 Å². The predicted molar refractivity (Wildman–Crippen MR) is 116 cm³/mol. The Kier molecular flexibility index (Phi) is 5.65. The number of nitrogens with zero attached hydrogens (tertiary/aromatic N) is 4. The summed E-state index contributed by atoms with van der Waals surface area (Å²) in [6, 6.07) is 5.85. The minimum absolute atomic E-state index is 0.150. The van der Waals surface area contributed by atoms with Crippen molar-refractivity contribution < 1.29 is 9.59 Å². The molecule has 0 bridgehead atoms. The molecule has 2 fully saturated rings. The monoisotopic (exact) mass is 433 g/mol. The van der Waals surface area contributed by atoms with Crippen molar-refractivity contribution in [1.82, 2.24) is 14.2 Å². The number of aryl methyl sites for hydroxylation is 1. The van der Waals surface area contributed by atoms with Crippen LogP contribution in [-0.2, 0) is 0 Å². The van der Waals surface area contributed by atoms with Gasteiger partial charge in [-0.25, -0.2) is 0 Å². The second-order valence-corrected chi connectivity index (χ2v) is 8.69. The molecule has 7 nitrogen and oxygen atoms in total. The molecule has 0 aliphatic carbocycles. The molecule has 1 aromatic carbocycles. The summed E-state index contributed by atoms with van der Waals surface area (Å²) in [5.41, 5.74) is 8.85. The number of anilines is 2. The molecular weight excluding hydrogens is 410 g/mol. The molecular formula is C20H24ClN5O2S. The first-order chi connectivity index (χ1) is 14.0. The number of likely N-dealkylation sites (tertiary alicyclic amines) is 1. The van der Waals surface area contributed by atoms with Crippen LogP contribution < -0.4 is 10.6 Å². The molecule has 29 heavy (non-hydrogen) atoms. The van der Waals surface area contributed by atoms with E-state index in [1.165, 1.54) is 0 Å². The van der Waals surface area contributed by atoms with Gasteiger partial charge in [-0.1, -0.05) is 17.7 Å². The highest BCUT2D eigenvalue weighted by molar-refractivity contribution is 7.09. The fraction of sp³-hybridized carbons (Fsp3) is 0.450. The lowest BCUT2D eigenvalue weighted by Gasteiger charge is -2.36. The molecule has 2 aliphatic heterocycles. The van der Waals surface area contributed by atoms with E-state index in [1.807, 2.05) is 18.2 Å². The SMILES string of the molecule is Cc1ccc(Cl)cc1N1CCN(C(=O)c2snc(C(=O)N3CCCC3)c2N)CC1. The number of halogens is 1. The lowest BCUT2D eigenvalue weighted by Crippen LogP contribution is -2.49. The molecule has 0 unspecified atom stereocenters. The lowest BCUT2D eigenvalue weighted by molar-refractivity contribution is 0.0752. The Morgan fingerprint density at radius 2 is 1.69 bits per heavy atom.